The molecule has 0 heterocycles. The average Bonchev–Trinajstić information content (AvgIpc) is 2.04. The predicted molar refractivity (Wildman–Crippen MR) is 51.6 cm³/mol. The predicted octanol–water partition coefficient (Wildman–Crippen LogP) is 3.63. The first-order chi connectivity index (χ1) is 5.27. The third kappa shape index (κ3) is 1.72. The van der Waals surface area contributed by atoms with Crippen molar-refractivity contribution in [2.75, 3.05) is 0 Å². The normalized spacial score (nSPS) is 9.18. The molecule has 1 heteroatoms. The van der Waals surface area contributed by atoms with Gasteiger partial charge in [0, 0.05) is 5.02 Å². The summed E-state index contributed by atoms with van der Waals surface area (Å²) in [7, 11) is 0. The number of rotatable bonds is 2. The van der Waals surface area contributed by atoms with Crippen LogP contribution in [0.4, 0.5) is 0 Å². The van der Waals surface area contributed by atoms with Gasteiger partial charge in [-0.1, -0.05) is 49.0 Å². The Morgan fingerprint density at radius 1 is 1.18 bits per heavy atom. The highest BCUT2D eigenvalue weighted by Gasteiger charge is 1.94. The van der Waals surface area contributed by atoms with Crippen molar-refractivity contribution in [1.29, 1.82) is 0 Å². The Hall–Kier alpha value is -1.01. The Kier molecular flexibility index (Phi) is 2.50. The second kappa shape index (κ2) is 3.40. The molecule has 0 aliphatic rings. The summed E-state index contributed by atoms with van der Waals surface area (Å²) in [6, 6.07) is 5.74. The van der Waals surface area contributed by atoms with Crippen molar-refractivity contribution in [3.05, 3.63) is 47.5 Å². The van der Waals surface area contributed by atoms with Crippen LogP contribution in [0.25, 0.3) is 12.2 Å². The standard InChI is InChI=1S/C10H9Cl/c1-3-8-5-6-9(4-2)10(11)7-8/h3-7H,1-2H2. The number of halogens is 1. The molecular formula is C10H9Cl. The lowest BCUT2D eigenvalue weighted by molar-refractivity contribution is 1.62. The van der Waals surface area contributed by atoms with Gasteiger partial charge in [-0.3, -0.25) is 0 Å². The summed E-state index contributed by atoms with van der Waals surface area (Å²) >= 11 is 5.89. The van der Waals surface area contributed by atoms with Gasteiger partial charge in [0.15, 0.2) is 0 Å². The molecule has 0 saturated carbocycles. The molecule has 1 aromatic carbocycles. The van der Waals surface area contributed by atoms with E-state index in [0.717, 1.165) is 16.1 Å². The first kappa shape index (κ1) is 8.09. The van der Waals surface area contributed by atoms with E-state index in [-0.39, 0.29) is 0 Å². The van der Waals surface area contributed by atoms with Crippen LogP contribution >= 0.6 is 11.6 Å². The summed E-state index contributed by atoms with van der Waals surface area (Å²) in [5.74, 6) is 0. The van der Waals surface area contributed by atoms with Crippen LogP contribution < -0.4 is 0 Å². The maximum atomic E-state index is 5.89. The highest BCUT2D eigenvalue weighted by molar-refractivity contribution is 6.32. The van der Waals surface area contributed by atoms with Crippen molar-refractivity contribution in [1.82, 2.24) is 0 Å². The van der Waals surface area contributed by atoms with Crippen molar-refractivity contribution in [2.45, 2.75) is 0 Å². The number of hydrogen-bond donors (Lipinski definition) is 0. The molecule has 0 nitrogen and oxygen atoms in total. The monoisotopic (exact) mass is 164 g/mol. The van der Waals surface area contributed by atoms with Crippen molar-refractivity contribution in [3.8, 4) is 0 Å². The van der Waals surface area contributed by atoms with Crippen LogP contribution in [0.2, 0.25) is 5.02 Å². The van der Waals surface area contributed by atoms with Gasteiger partial charge in [0.25, 0.3) is 0 Å². The van der Waals surface area contributed by atoms with Crippen LogP contribution in [0.15, 0.2) is 31.4 Å². The lowest BCUT2D eigenvalue weighted by atomic mass is 10.1. The van der Waals surface area contributed by atoms with E-state index < -0.39 is 0 Å². The quantitative estimate of drug-likeness (QED) is 0.626. The smallest absolute Gasteiger partial charge is 0.0484 e. The largest absolute Gasteiger partial charge is 0.0985 e. The van der Waals surface area contributed by atoms with Crippen LogP contribution in [0, 0.1) is 0 Å². The zero-order chi connectivity index (χ0) is 8.27. The highest BCUT2D eigenvalue weighted by Crippen LogP contribution is 2.18. The number of hydrogen-bond acceptors (Lipinski definition) is 0. The molecule has 0 aliphatic heterocycles. The van der Waals surface area contributed by atoms with E-state index in [1.165, 1.54) is 0 Å². The van der Waals surface area contributed by atoms with Gasteiger partial charge in [-0.05, 0) is 17.2 Å². The molecule has 0 spiro atoms. The molecule has 0 saturated heterocycles. The van der Waals surface area contributed by atoms with Gasteiger partial charge in [0.2, 0.25) is 0 Å². The molecule has 0 aliphatic carbocycles. The zero-order valence-corrected chi connectivity index (χ0v) is 6.93. The Labute approximate surface area is 71.8 Å². The zero-order valence-electron chi connectivity index (χ0n) is 6.18. The molecule has 0 unspecified atom stereocenters. The van der Waals surface area contributed by atoms with Crippen LogP contribution in [-0.2, 0) is 0 Å². The summed E-state index contributed by atoms with van der Waals surface area (Å²) in [6.45, 7) is 7.28. The molecule has 0 amide bonds. The van der Waals surface area contributed by atoms with E-state index in [9.17, 15) is 0 Å². The topological polar surface area (TPSA) is 0 Å². The first-order valence-electron chi connectivity index (χ1n) is 3.32. The molecule has 0 aromatic heterocycles. The minimum atomic E-state index is 0.720. The maximum absolute atomic E-state index is 5.89. The Bertz CT molecular complexity index is 287. The van der Waals surface area contributed by atoms with Crippen molar-refractivity contribution < 1.29 is 0 Å². The van der Waals surface area contributed by atoms with Crippen LogP contribution in [0.1, 0.15) is 11.1 Å². The molecule has 56 valence electrons. The van der Waals surface area contributed by atoms with E-state index in [4.69, 9.17) is 11.6 Å². The van der Waals surface area contributed by atoms with Gasteiger partial charge in [0.05, 0.1) is 0 Å². The fourth-order valence-electron chi connectivity index (χ4n) is 0.836. The third-order valence-corrected chi connectivity index (χ3v) is 1.81. The van der Waals surface area contributed by atoms with E-state index in [1.54, 1.807) is 12.2 Å². The van der Waals surface area contributed by atoms with Gasteiger partial charge in [-0.2, -0.15) is 0 Å². The lowest BCUT2D eigenvalue weighted by Gasteiger charge is -1.98. The molecule has 0 fully saturated rings. The molecular weight excluding hydrogens is 156 g/mol. The van der Waals surface area contributed by atoms with Gasteiger partial charge < -0.3 is 0 Å². The summed E-state index contributed by atoms with van der Waals surface area (Å²) < 4.78 is 0. The van der Waals surface area contributed by atoms with Crippen molar-refractivity contribution in [2.24, 2.45) is 0 Å². The van der Waals surface area contributed by atoms with Crippen molar-refractivity contribution in [3.63, 3.8) is 0 Å². The van der Waals surface area contributed by atoms with Crippen molar-refractivity contribution >= 4 is 23.8 Å². The molecule has 0 radical (unpaired) electrons. The first-order valence-corrected chi connectivity index (χ1v) is 3.70. The SMILES string of the molecule is C=Cc1ccc(C=C)c(Cl)c1. The highest BCUT2D eigenvalue weighted by atomic mass is 35.5. The van der Waals surface area contributed by atoms with E-state index in [1.807, 2.05) is 18.2 Å². The van der Waals surface area contributed by atoms with Crippen LogP contribution in [0.5, 0.6) is 0 Å². The Morgan fingerprint density at radius 3 is 2.36 bits per heavy atom. The fraction of sp³-hybridized carbons (Fsp3) is 0. The summed E-state index contributed by atoms with van der Waals surface area (Å²) in [5.41, 5.74) is 1.98. The average molecular weight is 165 g/mol. The van der Waals surface area contributed by atoms with Crippen LogP contribution in [0.3, 0.4) is 0 Å². The Balaban J connectivity index is 3.18. The lowest BCUT2D eigenvalue weighted by Crippen LogP contribution is -1.76. The summed E-state index contributed by atoms with van der Waals surface area (Å²) in [4.78, 5) is 0. The maximum Gasteiger partial charge on any atom is 0.0484 e. The van der Waals surface area contributed by atoms with Gasteiger partial charge >= 0.3 is 0 Å². The second-order valence-electron chi connectivity index (χ2n) is 2.19. The third-order valence-electron chi connectivity index (χ3n) is 1.48. The molecule has 0 atom stereocenters. The van der Waals surface area contributed by atoms with Crippen LogP contribution in [-0.4, -0.2) is 0 Å². The molecule has 0 bridgehead atoms. The van der Waals surface area contributed by atoms with E-state index in [0.29, 0.717) is 0 Å². The van der Waals surface area contributed by atoms with E-state index in [2.05, 4.69) is 13.2 Å². The minimum absolute atomic E-state index is 0.720. The molecule has 11 heavy (non-hydrogen) atoms. The van der Waals surface area contributed by atoms with E-state index >= 15 is 0 Å². The molecule has 1 aromatic rings. The summed E-state index contributed by atoms with van der Waals surface area (Å²) in [5, 5.41) is 0.720. The Morgan fingerprint density at radius 2 is 1.91 bits per heavy atom. The minimum Gasteiger partial charge on any atom is -0.0985 e. The molecule has 1 rings (SSSR count). The van der Waals surface area contributed by atoms with Gasteiger partial charge in [0.1, 0.15) is 0 Å². The molecule has 0 N–H and O–H groups in total. The van der Waals surface area contributed by atoms with Gasteiger partial charge in [-0.15, -0.1) is 0 Å². The summed E-state index contributed by atoms with van der Waals surface area (Å²) in [6.07, 6.45) is 3.49. The van der Waals surface area contributed by atoms with Gasteiger partial charge in [-0.25, -0.2) is 0 Å². The second-order valence-corrected chi connectivity index (χ2v) is 2.60. The fourth-order valence-corrected chi connectivity index (χ4v) is 1.10. The number of benzene rings is 1.